The number of aliphatic carboxylic acids is 2. The number of para-hydroxylation sites is 1. The number of aliphatic hydroxyl groups is 1. The first-order valence-electron chi connectivity index (χ1n) is 12.7. The third kappa shape index (κ3) is 6.89. The summed E-state index contributed by atoms with van der Waals surface area (Å²) in [5.41, 5.74) is 3.94. The van der Waals surface area contributed by atoms with Crippen molar-refractivity contribution in [3.8, 4) is 11.8 Å². The molecule has 1 saturated heterocycles. The first kappa shape index (κ1) is 28.4. The van der Waals surface area contributed by atoms with Crippen LogP contribution in [0.3, 0.4) is 0 Å². The Kier molecular flexibility index (Phi) is 9.23. The Balaban J connectivity index is 0.000000557. The van der Waals surface area contributed by atoms with Crippen LogP contribution in [0.25, 0.3) is 21.9 Å². The molecule has 208 valence electrons. The van der Waals surface area contributed by atoms with Gasteiger partial charge in [-0.25, -0.2) is 14.6 Å². The number of nitriles is 1. The fraction of sp³-hybridized carbons (Fsp3) is 0.321. The predicted octanol–water partition coefficient (Wildman–Crippen LogP) is 2.43. The van der Waals surface area contributed by atoms with Gasteiger partial charge >= 0.3 is 11.9 Å². The van der Waals surface area contributed by atoms with Crippen LogP contribution >= 0.6 is 0 Å². The number of aromatic amines is 1. The molecule has 4 aromatic rings. The van der Waals surface area contributed by atoms with Gasteiger partial charge in [-0.15, -0.1) is 0 Å². The molecular weight excluding hydrogens is 516 g/mol. The van der Waals surface area contributed by atoms with Gasteiger partial charge in [-0.3, -0.25) is 4.98 Å². The van der Waals surface area contributed by atoms with Gasteiger partial charge in [0, 0.05) is 24.2 Å². The largest absolute Gasteiger partial charge is 0.497 e. The molecule has 0 saturated carbocycles. The van der Waals surface area contributed by atoms with E-state index in [1.54, 1.807) is 19.4 Å². The number of benzene rings is 2. The number of likely N-dealkylation sites (tertiary alicyclic amines) is 1. The number of hydrogen-bond acceptors (Lipinski definition) is 9. The maximum absolute atomic E-state index is 11.0. The first-order chi connectivity index (χ1) is 19.3. The van der Waals surface area contributed by atoms with Crippen LogP contribution in [0.15, 0.2) is 48.7 Å². The summed E-state index contributed by atoms with van der Waals surface area (Å²) >= 11 is 0. The summed E-state index contributed by atoms with van der Waals surface area (Å²) in [6, 6.07) is 15.8. The molecule has 1 aliphatic heterocycles. The molecule has 0 amide bonds. The van der Waals surface area contributed by atoms with E-state index in [0.29, 0.717) is 24.7 Å². The van der Waals surface area contributed by atoms with Crippen LogP contribution in [-0.2, 0) is 16.1 Å². The number of imidazole rings is 1. The zero-order valence-corrected chi connectivity index (χ0v) is 21.9. The van der Waals surface area contributed by atoms with Crippen LogP contribution < -0.4 is 10.1 Å². The number of piperidine rings is 1. The zero-order valence-electron chi connectivity index (χ0n) is 21.9. The SMILES string of the molecule is COc1ccc2nccc([C@@H](O)CN3CCC(NCc4nc5c(C#N)cccc5[nH]4)CC3)c2c1.O=C(O)C(=O)O. The average Bonchev–Trinajstić information content (AvgIpc) is 3.40. The Bertz CT molecular complexity index is 1530. The quantitative estimate of drug-likeness (QED) is 0.214. The fourth-order valence-electron chi connectivity index (χ4n) is 4.72. The van der Waals surface area contributed by atoms with Crippen molar-refractivity contribution in [1.29, 1.82) is 5.26 Å². The molecule has 5 rings (SSSR count). The molecule has 2 aromatic heterocycles. The highest BCUT2D eigenvalue weighted by atomic mass is 16.5. The van der Waals surface area contributed by atoms with Crippen molar-refractivity contribution in [2.75, 3.05) is 26.7 Å². The lowest BCUT2D eigenvalue weighted by molar-refractivity contribution is -0.159. The van der Waals surface area contributed by atoms with E-state index < -0.39 is 18.0 Å². The summed E-state index contributed by atoms with van der Waals surface area (Å²) in [4.78, 5) is 32.8. The number of carbonyl (C=O) groups is 2. The molecular formula is C28H30N6O6. The minimum absolute atomic E-state index is 0.392. The number of fused-ring (bicyclic) bond motifs is 2. The molecule has 0 unspecified atom stereocenters. The number of aliphatic hydroxyl groups excluding tert-OH is 1. The molecule has 5 N–H and O–H groups in total. The normalized spacial score (nSPS) is 14.7. The molecule has 12 nitrogen and oxygen atoms in total. The number of nitrogens with one attached hydrogen (secondary N) is 2. The minimum atomic E-state index is -1.82. The molecule has 1 aliphatic rings. The summed E-state index contributed by atoms with van der Waals surface area (Å²) in [6.07, 6.45) is 3.16. The van der Waals surface area contributed by atoms with E-state index in [1.165, 1.54) is 0 Å². The molecule has 2 aromatic carbocycles. The summed E-state index contributed by atoms with van der Waals surface area (Å²) in [7, 11) is 1.64. The van der Waals surface area contributed by atoms with E-state index in [1.807, 2.05) is 36.4 Å². The highest BCUT2D eigenvalue weighted by Crippen LogP contribution is 2.28. The number of pyridine rings is 1. The van der Waals surface area contributed by atoms with Gasteiger partial charge in [0.2, 0.25) is 0 Å². The van der Waals surface area contributed by atoms with Gasteiger partial charge in [0.25, 0.3) is 0 Å². The van der Waals surface area contributed by atoms with Crippen LogP contribution in [0.4, 0.5) is 0 Å². The second kappa shape index (κ2) is 13.0. The molecule has 1 atom stereocenters. The van der Waals surface area contributed by atoms with E-state index in [2.05, 4.69) is 31.2 Å². The van der Waals surface area contributed by atoms with Crippen LogP contribution in [0.2, 0.25) is 0 Å². The molecule has 0 radical (unpaired) electrons. The highest BCUT2D eigenvalue weighted by molar-refractivity contribution is 6.27. The number of aromatic nitrogens is 3. The van der Waals surface area contributed by atoms with Gasteiger partial charge in [0.05, 0.1) is 36.4 Å². The number of methoxy groups -OCH3 is 1. The first-order valence-corrected chi connectivity index (χ1v) is 12.7. The molecule has 1 fully saturated rings. The van der Waals surface area contributed by atoms with Crippen LogP contribution in [-0.4, -0.2) is 79.9 Å². The van der Waals surface area contributed by atoms with Crippen molar-refractivity contribution in [3.63, 3.8) is 0 Å². The van der Waals surface area contributed by atoms with Gasteiger partial charge in [0.1, 0.15) is 23.2 Å². The summed E-state index contributed by atoms with van der Waals surface area (Å²) in [5.74, 6) is -2.05. The van der Waals surface area contributed by atoms with Crippen molar-refractivity contribution in [3.05, 3.63) is 65.6 Å². The molecule has 0 aliphatic carbocycles. The second-order valence-corrected chi connectivity index (χ2v) is 9.36. The molecule has 0 bridgehead atoms. The van der Waals surface area contributed by atoms with Gasteiger partial charge < -0.3 is 35.3 Å². The second-order valence-electron chi connectivity index (χ2n) is 9.36. The number of carboxylic acids is 2. The third-order valence-electron chi connectivity index (χ3n) is 6.78. The van der Waals surface area contributed by atoms with Crippen molar-refractivity contribution in [1.82, 2.24) is 25.2 Å². The molecule has 3 heterocycles. The zero-order chi connectivity index (χ0) is 28.6. The smallest absolute Gasteiger partial charge is 0.414 e. The van der Waals surface area contributed by atoms with Gasteiger partial charge in [-0.2, -0.15) is 5.26 Å². The topological polar surface area (TPSA) is 185 Å². The molecule has 0 spiro atoms. The summed E-state index contributed by atoms with van der Waals surface area (Å²) in [5, 5.41) is 39.6. The lowest BCUT2D eigenvalue weighted by atomic mass is 10.0. The molecule has 40 heavy (non-hydrogen) atoms. The monoisotopic (exact) mass is 546 g/mol. The molecule has 12 heteroatoms. The fourth-order valence-corrected chi connectivity index (χ4v) is 4.72. The van der Waals surface area contributed by atoms with Crippen LogP contribution in [0, 0.1) is 11.3 Å². The van der Waals surface area contributed by atoms with Crippen molar-refractivity contribution < 1.29 is 29.6 Å². The highest BCUT2D eigenvalue weighted by Gasteiger charge is 2.23. The van der Waals surface area contributed by atoms with E-state index in [4.69, 9.17) is 24.5 Å². The van der Waals surface area contributed by atoms with Crippen molar-refractivity contribution >= 4 is 33.9 Å². The number of carboxylic acid groups (broad SMARTS) is 2. The summed E-state index contributed by atoms with van der Waals surface area (Å²) < 4.78 is 5.35. The maximum atomic E-state index is 11.0. The number of β-amino-alcohol motifs (C(OH)–C–C–N with tert-alkyl or cyclic N) is 1. The Morgan fingerprint density at radius 2 is 1.95 bits per heavy atom. The van der Waals surface area contributed by atoms with E-state index >= 15 is 0 Å². The maximum Gasteiger partial charge on any atom is 0.414 e. The van der Waals surface area contributed by atoms with E-state index in [-0.39, 0.29) is 0 Å². The number of nitrogens with zero attached hydrogens (tertiary/aromatic N) is 4. The van der Waals surface area contributed by atoms with E-state index in [0.717, 1.165) is 65.0 Å². The Morgan fingerprint density at radius 1 is 1.20 bits per heavy atom. The Hall–Kier alpha value is -4.57. The minimum Gasteiger partial charge on any atom is -0.497 e. The van der Waals surface area contributed by atoms with E-state index in [9.17, 15) is 10.4 Å². The number of ether oxygens (including phenoxy) is 1. The Labute approximate surface area is 229 Å². The lowest BCUT2D eigenvalue weighted by Crippen LogP contribution is -2.43. The number of rotatable bonds is 7. The Morgan fingerprint density at radius 3 is 2.62 bits per heavy atom. The number of H-pyrrole nitrogens is 1. The summed E-state index contributed by atoms with van der Waals surface area (Å²) in [6.45, 7) is 3.06. The van der Waals surface area contributed by atoms with Gasteiger partial charge in [-0.05, 0) is 67.9 Å². The van der Waals surface area contributed by atoms with Crippen LogP contribution in [0.1, 0.15) is 35.9 Å². The van der Waals surface area contributed by atoms with Crippen molar-refractivity contribution in [2.45, 2.75) is 31.5 Å². The standard InChI is InChI=1S/C26H28N6O2.C2H2O4/c1-34-19-5-6-22-21(13-19)20(7-10-28-22)24(33)16-32-11-8-18(9-12-32)29-15-25-30-23-4-2-3-17(14-27)26(23)31-25;3-1(4)2(5)6/h2-7,10,13,18,24,29,33H,8-9,11-12,15-16H2,1H3,(H,30,31);(H,3,4)(H,5,6)/t24-;/m0./s1. The van der Waals surface area contributed by atoms with Crippen LogP contribution in [0.5, 0.6) is 5.75 Å². The predicted molar refractivity (Wildman–Crippen MR) is 146 cm³/mol. The average molecular weight is 547 g/mol. The van der Waals surface area contributed by atoms with Gasteiger partial charge in [-0.1, -0.05) is 6.07 Å². The van der Waals surface area contributed by atoms with Gasteiger partial charge in [0.15, 0.2) is 0 Å². The third-order valence-corrected chi connectivity index (χ3v) is 6.78. The lowest BCUT2D eigenvalue weighted by Gasteiger charge is -2.33. The number of hydrogen-bond donors (Lipinski definition) is 5. The van der Waals surface area contributed by atoms with Crippen molar-refractivity contribution in [2.24, 2.45) is 0 Å².